The van der Waals surface area contributed by atoms with Crippen LogP contribution in [0.4, 0.5) is 11.4 Å². The van der Waals surface area contributed by atoms with Crippen molar-refractivity contribution in [3.8, 4) is 5.75 Å². The molecular weight excluding hydrogens is 420 g/mol. The predicted molar refractivity (Wildman–Crippen MR) is 120 cm³/mol. The minimum Gasteiger partial charge on any atom is -0.497 e. The highest BCUT2D eigenvalue weighted by Gasteiger charge is 2.32. The second-order valence-corrected chi connectivity index (χ2v) is 8.73. The number of carbonyl (C=O) groups is 2. The average Bonchev–Trinajstić information content (AvgIpc) is 2.72. The minimum atomic E-state index is -3.77. The van der Waals surface area contributed by atoms with E-state index in [1.54, 1.807) is 63.2 Å². The third-order valence-corrected chi connectivity index (χ3v) is 5.92. The van der Waals surface area contributed by atoms with Crippen molar-refractivity contribution < 1.29 is 27.5 Å². The molecule has 0 radical (unpaired) electrons. The zero-order valence-electron chi connectivity index (χ0n) is 18.3. The summed E-state index contributed by atoms with van der Waals surface area (Å²) in [5.41, 5.74) is 1.64. The summed E-state index contributed by atoms with van der Waals surface area (Å²) >= 11 is 0. The molecule has 8 nitrogen and oxygen atoms in total. The second-order valence-electron chi connectivity index (χ2n) is 6.87. The van der Waals surface area contributed by atoms with E-state index in [2.05, 4.69) is 5.32 Å². The summed E-state index contributed by atoms with van der Waals surface area (Å²) in [6.07, 6.45) is 1.29. The summed E-state index contributed by atoms with van der Waals surface area (Å²) in [5, 5.41) is 2.77. The molecule has 0 bridgehead atoms. The molecule has 0 aliphatic heterocycles. The third kappa shape index (κ3) is 5.75. The van der Waals surface area contributed by atoms with E-state index in [-0.39, 0.29) is 13.0 Å². The van der Waals surface area contributed by atoms with Crippen LogP contribution in [0.25, 0.3) is 0 Å². The number of ether oxygens (including phenoxy) is 2. The fourth-order valence-electron chi connectivity index (χ4n) is 3.21. The Kier molecular flexibility index (Phi) is 8.04. The monoisotopic (exact) mass is 448 g/mol. The molecule has 1 unspecified atom stereocenters. The Hall–Kier alpha value is -3.07. The van der Waals surface area contributed by atoms with Gasteiger partial charge in [-0.2, -0.15) is 0 Å². The van der Waals surface area contributed by atoms with E-state index in [4.69, 9.17) is 9.47 Å². The molecule has 2 aromatic carbocycles. The van der Waals surface area contributed by atoms with Gasteiger partial charge in [0.2, 0.25) is 15.9 Å². The number of hydrogen-bond acceptors (Lipinski definition) is 6. The van der Waals surface area contributed by atoms with Crippen molar-refractivity contribution in [2.45, 2.75) is 33.2 Å². The van der Waals surface area contributed by atoms with E-state index in [1.165, 1.54) is 7.11 Å². The van der Waals surface area contributed by atoms with Crippen LogP contribution < -0.4 is 14.4 Å². The Labute approximate surface area is 183 Å². The fraction of sp³-hybridized carbons (Fsp3) is 0.364. The molecule has 0 aliphatic rings. The van der Waals surface area contributed by atoms with Gasteiger partial charge in [0.05, 0.1) is 31.2 Å². The van der Waals surface area contributed by atoms with Crippen LogP contribution in [0.2, 0.25) is 0 Å². The number of hydrogen-bond donors (Lipinski definition) is 1. The first-order valence-corrected chi connectivity index (χ1v) is 11.7. The van der Waals surface area contributed by atoms with Gasteiger partial charge in [-0.05, 0) is 62.2 Å². The van der Waals surface area contributed by atoms with Crippen LogP contribution in [-0.4, -0.2) is 46.3 Å². The SMILES string of the molecule is CCOC(=O)c1cccc(NC(=O)C(CC)N(c2ccc(OC)cc2)S(C)(=O)=O)c1C. The summed E-state index contributed by atoms with van der Waals surface area (Å²) in [5.74, 6) is -0.423. The number of esters is 1. The van der Waals surface area contributed by atoms with Crippen molar-refractivity contribution in [1.29, 1.82) is 0 Å². The minimum absolute atomic E-state index is 0.234. The number of nitrogens with one attached hydrogen (secondary N) is 1. The maximum atomic E-state index is 13.1. The van der Waals surface area contributed by atoms with Crippen LogP contribution in [0.15, 0.2) is 42.5 Å². The summed E-state index contributed by atoms with van der Waals surface area (Å²) in [4.78, 5) is 25.3. The number of rotatable bonds is 9. The maximum absolute atomic E-state index is 13.1. The Morgan fingerprint density at radius 3 is 2.26 bits per heavy atom. The van der Waals surface area contributed by atoms with E-state index < -0.39 is 27.9 Å². The molecule has 1 amide bonds. The Morgan fingerprint density at radius 1 is 1.10 bits per heavy atom. The van der Waals surface area contributed by atoms with Gasteiger partial charge in [0.1, 0.15) is 11.8 Å². The Bertz CT molecular complexity index is 1030. The lowest BCUT2D eigenvalue weighted by molar-refractivity contribution is -0.117. The standard InChI is InChI=1S/C22H28N2O6S/c1-6-20(24(31(5,27)28)16-11-13-17(29-4)14-12-16)21(25)23-19-10-8-9-18(15(19)3)22(26)30-7-2/h8-14,20H,6-7H2,1-5H3,(H,23,25). The normalized spacial score (nSPS) is 12.0. The molecule has 0 saturated carbocycles. The van der Waals surface area contributed by atoms with Crippen molar-refractivity contribution in [3.63, 3.8) is 0 Å². The molecule has 2 aromatic rings. The molecule has 1 N–H and O–H groups in total. The molecule has 168 valence electrons. The van der Waals surface area contributed by atoms with E-state index in [0.717, 1.165) is 10.6 Å². The van der Waals surface area contributed by atoms with E-state index >= 15 is 0 Å². The highest BCUT2D eigenvalue weighted by atomic mass is 32.2. The number of benzene rings is 2. The average molecular weight is 449 g/mol. The maximum Gasteiger partial charge on any atom is 0.338 e. The van der Waals surface area contributed by atoms with Crippen molar-refractivity contribution in [2.75, 3.05) is 29.6 Å². The Morgan fingerprint density at radius 2 is 1.74 bits per heavy atom. The summed E-state index contributed by atoms with van der Waals surface area (Å²) in [7, 11) is -2.26. The largest absolute Gasteiger partial charge is 0.497 e. The molecule has 9 heteroatoms. The molecule has 0 aliphatic carbocycles. The molecule has 0 aromatic heterocycles. The van der Waals surface area contributed by atoms with Gasteiger partial charge in [-0.25, -0.2) is 13.2 Å². The quantitative estimate of drug-likeness (QED) is 0.590. The first-order chi connectivity index (χ1) is 14.6. The number of carbonyl (C=O) groups excluding carboxylic acids is 2. The molecule has 31 heavy (non-hydrogen) atoms. The molecular formula is C22H28N2O6S. The Balaban J connectivity index is 2.38. The lowest BCUT2D eigenvalue weighted by Gasteiger charge is -2.30. The highest BCUT2D eigenvalue weighted by Crippen LogP contribution is 2.26. The van der Waals surface area contributed by atoms with Crippen LogP contribution in [0.5, 0.6) is 5.75 Å². The third-order valence-electron chi connectivity index (χ3n) is 4.74. The number of sulfonamides is 1. The van der Waals surface area contributed by atoms with Crippen LogP contribution in [0.3, 0.4) is 0 Å². The smallest absolute Gasteiger partial charge is 0.338 e. The number of methoxy groups -OCH3 is 1. The molecule has 2 rings (SSSR count). The van der Waals surface area contributed by atoms with Crippen LogP contribution in [0, 0.1) is 6.92 Å². The first kappa shape index (κ1) is 24.2. The van der Waals surface area contributed by atoms with E-state index in [0.29, 0.717) is 28.3 Å². The van der Waals surface area contributed by atoms with Gasteiger partial charge in [0.25, 0.3) is 0 Å². The number of nitrogens with zero attached hydrogens (tertiary/aromatic N) is 1. The van der Waals surface area contributed by atoms with Gasteiger partial charge >= 0.3 is 5.97 Å². The molecule has 0 saturated heterocycles. The summed E-state index contributed by atoms with van der Waals surface area (Å²) in [6, 6.07) is 10.3. The van der Waals surface area contributed by atoms with E-state index in [9.17, 15) is 18.0 Å². The highest BCUT2D eigenvalue weighted by molar-refractivity contribution is 7.92. The topological polar surface area (TPSA) is 102 Å². The molecule has 1 atom stereocenters. The van der Waals surface area contributed by atoms with Crippen molar-refractivity contribution in [2.24, 2.45) is 0 Å². The lowest BCUT2D eigenvalue weighted by Crippen LogP contribution is -2.47. The first-order valence-electron chi connectivity index (χ1n) is 9.85. The summed E-state index contributed by atoms with van der Waals surface area (Å²) < 4.78 is 36.4. The van der Waals surface area contributed by atoms with E-state index in [1.807, 2.05) is 0 Å². The number of anilines is 2. The van der Waals surface area contributed by atoms with Gasteiger partial charge in [0.15, 0.2) is 0 Å². The molecule has 0 heterocycles. The zero-order valence-corrected chi connectivity index (χ0v) is 19.2. The van der Waals surface area contributed by atoms with Crippen molar-refractivity contribution >= 4 is 33.3 Å². The second kappa shape index (κ2) is 10.3. The van der Waals surface area contributed by atoms with Gasteiger partial charge in [-0.1, -0.05) is 13.0 Å². The van der Waals surface area contributed by atoms with Crippen LogP contribution >= 0.6 is 0 Å². The lowest BCUT2D eigenvalue weighted by atomic mass is 10.1. The van der Waals surface area contributed by atoms with Crippen LogP contribution in [0.1, 0.15) is 36.2 Å². The number of amides is 1. The zero-order chi connectivity index (χ0) is 23.2. The summed E-state index contributed by atoms with van der Waals surface area (Å²) in [6.45, 7) is 5.37. The van der Waals surface area contributed by atoms with Crippen LogP contribution in [-0.2, 0) is 19.6 Å². The van der Waals surface area contributed by atoms with Gasteiger partial charge in [-0.3, -0.25) is 9.10 Å². The predicted octanol–water partition coefficient (Wildman–Crippen LogP) is 3.36. The van der Waals surface area contributed by atoms with Gasteiger partial charge in [0, 0.05) is 5.69 Å². The van der Waals surface area contributed by atoms with Crippen molar-refractivity contribution in [3.05, 3.63) is 53.6 Å². The molecule has 0 fully saturated rings. The van der Waals surface area contributed by atoms with Gasteiger partial charge in [-0.15, -0.1) is 0 Å². The molecule has 0 spiro atoms. The van der Waals surface area contributed by atoms with Crippen molar-refractivity contribution in [1.82, 2.24) is 0 Å². The fourth-order valence-corrected chi connectivity index (χ4v) is 4.42. The van der Waals surface area contributed by atoms with Gasteiger partial charge < -0.3 is 14.8 Å².